The van der Waals surface area contributed by atoms with E-state index in [9.17, 15) is 9.00 Å². The van der Waals surface area contributed by atoms with Gasteiger partial charge in [0.1, 0.15) is 12.4 Å². The molecular weight excluding hydrogens is 410 g/mol. The van der Waals surface area contributed by atoms with Gasteiger partial charge in [0, 0.05) is 33.9 Å². The summed E-state index contributed by atoms with van der Waals surface area (Å²) in [5, 5.41) is 14.6. The van der Waals surface area contributed by atoms with Gasteiger partial charge >= 0.3 is 0 Å². The molecule has 31 heavy (non-hydrogen) atoms. The minimum Gasteiger partial charge on any atom is -0.324 e. The second-order valence-electron chi connectivity index (χ2n) is 7.97. The summed E-state index contributed by atoms with van der Waals surface area (Å²) < 4.78 is 14.2. The summed E-state index contributed by atoms with van der Waals surface area (Å²) in [4.78, 5) is 13.1. The highest BCUT2D eigenvalue weighted by Gasteiger charge is 2.23. The average Bonchev–Trinajstić information content (AvgIpc) is 3.33. The van der Waals surface area contributed by atoms with Crippen molar-refractivity contribution in [2.45, 2.75) is 55.6 Å². The molecule has 7 nitrogen and oxygen atoms in total. The Bertz CT molecular complexity index is 1000. The lowest BCUT2D eigenvalue weighted by atomic mass is 10.0. The van der Waals surface area contributed by atoms with Crippen molar-refractivity contribution in [3.8, 4) is 0 Å². The Kier molecular flexibility index (Phi) is 7.19. The molecule has 1 aliphatic rings. The highest BCUT2D eigenvalue weighted by Crippen LogP contribution is 2.24. The van der Waals surface area contributed by atoms with E-state index in [0.29, 0.717) is 23.1 Å². The van der Waals surface area contributed by atoms with E-state index < -0.39 is 16.8 Å². The van der Waals surface area contributed by atoms with Crippen molar-refractivity contribution < 1.29 is 9.00 Å². The quantitative estimate of drug-likeness (QED) is 0.581. The number of nitrogens with one attached hydrogen (secondary N) is 1. The largest absolute Gasteiger partial charge is 0.324 e. The predicted molar refractivity (Wildman–Crippen MR) is 121 cm³/mol. The summed E-state index contributed by atoms with van der Waals surface area (Å²) in [7, 11) is -0.881. The lowest BCUT2D eigenvalue weighted by Crippen LogP contribution is -2.28. The zero-order chi connectivity index (χ0) is 21.5. The fourth-order valence-corrected chi connectivity index (χ4v) is 5.63. The van der Waals surface area contributed by atoms with Gasteiger partial charge < -0.3 is 5.32 Å². The summed E-state index contributed by atoms with van der Waals surface area (Å²) in [6.45, 7) is 0. The Labute approximate surface area is 184 Å². The number of hydrogen-bond acceptors (Lipinski definition) is 5. The molecular formula is C23H27N5O2S. The number of aromatic nitrogens is 4. The number of hydrogen-bond donors (Lipinski definition) is 1. The van der Waals surface area contributed by atoms with Crippen molar-refractivity contribution in [2.24, 2.45) is 0 Å². The third-order valence-corrected chi connectivity index (χ3v) is 7.52. The van der Waals surface area contributed by atoms with Crippen LogP contribution in [0.15, 0.2) is 60.9 Å². The van der Waals surface area contributed by atoms with Crippen molar-refractivity contribution in [2.75, 3.05) is 5.32 Å². The molecule has 1 aliphatic carbocycles. The number of carbonyl (C=O) groups excluding carboxylic acids is 1. The maximum absolute atomic E-state index is 13.1. The summed E-state index contributed by atoms with van der Waals surface area (Å²) >= 11 is 0. The topological polar surface area (TPSA) is 89.8 Å². The lowest BCUT2D eigenvalue weighted by molar-refractivity contribution is -0.119. The Balaban J connectivity index is 1.44. The zero-order valence-electron chi connectivity index (χ0n) is 17.4. The number of nitrogens with zero attached hydrogens (tertiary/aromatic N) is 4. The van der Waals surface area contributed by atoms with Crippen molar-refractivity contribution in [3.05, 3.63) is 72.1 Å². The van der Waals surface area contributed by atoms with Crippen LogP contribution >= 0.6 is 0 Å². The number of carbonyl (C=O) groups is 1. The Morgan fingerprint density at radius 3 is 2.58 bits per heavy atom. The fourth-order valence-electron chi connectivity index (χ4n) is 4.03. The van der Waals surface area contributed by atoms with E-state index >= 15 is 0 Å². The van der Waals surface area contributed by atoms with E-state index in [-0.39, 0.29) is 5.91 Å². The van der Waals surface area contributed by atoms with Crippen LogP contribution in [0.5, 0.6) is 0 Å². The molecule has 2 aromatic carbocycles. The van der Waals surface area contributed by atoms with Gasteiger partial charge in [-0.3, -0.25) is 9.00 Å². The summed E-state index contributed by atoms with van der Waals surface area (Å²) in [6, 6.07) is 16.8. The SMILES string of the molecule is O=C(Nc1cccc(CS(=O)C2CCCCC2)c1)C(Cc1ccccc1)n1cnnn1. The van der Waals surface area contributed by atoms with Gasteiger partial charge in [-0.05, 0) is 46.5 Å². The summed E-state index contributed by atoms with van der Waals surface area (Å²) in [5.41, 5.74) is 2.69. The third kappa shape index (κ3) is 5.85. The molecule has 1 aromatic heterocycles. The van der Waals surface area contributed by atoms with Crippen LogP contribution in [0.4, 0.5) is 5.69 Å². The zero-order valence-corrected chi connectivity index (χ0v) is 18.2. The standard InChI is InChI=1S/C23H27N5O2S/c29-23(22(28-17-24-26-27-28)15-18-8-3-1-4-9-18)25-20-11-7-10-19(14-20)16-31(30)21-12-5-2-6-13-21/h1,3-4,7-11,14,17,21-22H,2,5-6,12-13,15-16H2,(H,25,29). The number of rotatable bonds is 8. The average molecular weight is 438 g/mol. The first-order valence-electron chi connectivity index (χ1n) is 10.7. The minimum atomic E-state index is -0.881. The second-order valence-corrected chi connectivity index (χ2v) is 9.69. The van der Waals surface area contributed by atoms with Crippen LogP contribution in [0, 0.1) is 0 Å². The van der Waals surface area contributed by atoms with Crippen LogP contribution in [-0.4, -0.2) is 35.6 Å². The number of amides is 1. The van der Waals surface area contributed by atoms with Gasteiger partial charge in [0.2, 0.25) is 5.91 Å². The highest BCUT2D eigenvalue weighted by molar-refractivity contribution is 7.84. The minimum absolute atomic E-state index is 0.193. The Morgan fingerprint density at radius 2 is 1.84 bits per heavy atom. The highest BCUT2D eigenvalue weighted by atomic mass is 32.2. The van der Waals surface area contributed by atoms with E-state index in [0.717, 1.165) is 24.0 Å². The molecule has 0 saturated heterocycles. The van der Waals surface area contributed by atoms with Crippen LogP contribution in [0.2, 0.25) is 0 Å². The molecule has 1 heterocycles. The van der Waals surface area contributed by atoms with E-state index in [1.165, 1.54) is 30.3 Å². The fraction of sp³-hybridized carbons (Fsp3) is 0.391. The molecule has 1 N–H and O–H groups in total. The second kappa shape index (κ2) is 10.4. The van der Waals surface area contributed by atoms with Crippen molar-refractivity contribution in [1.29, 1.82) is 0 Å². The molecule has 0 aliphatic heterocycles. The van der Waals surface area contributed by atoms with Gasteiger partial charge in [0.25, 0.3) is 0 Å². The van der Waals surface area contributed by atoms with Crippen LogP contribution in [0.1, 0.15) is 49.3 Å². The molecule has 4 rings (SSSR count). The predicted octanol–water partition coefficient (Wildman–Crippen LogP) is 3.68. The maximum Gasteiger partial charge on any atom is 0.249 e. The molecule has 3 aromatic rings. The normalized spacial score (nSPS) is 16.5. The van der Waals surface area contributed by atoms with Gasteiger partial charge in [-0.15, -0.1) is 5.10 Å². The van der Waals surface area contributed by atoms with Gasteiger partial charge in [-0.1, -0.05) is 61.7 Å². The molecule has 2 unspecified atom stereocenters. The first-order valence-corrected chi connectivity index (χ1v) is 12.1. The monoisotopic (exact) mass is 437 g/mol. The van der Waals surface area contributed by atoms with Crippen LogP contribution in [-0.2, 0) is 27.8 Å². The van der Waals surface area contributed by atoms with Gasteiger partial charge in [0.15, 0.2) is 0 Å². The lowest BCUT2D eigenvalue weighted by Gasteiger charge is -2.21. The van der Waals surface area contributed by atoms with Crippen LogP contribution in [0.25, 0.3) is 0 Å². The molecule has 1 fully saturated rings. The van der Waals surface area contributed by atoms with Crippen LogP contribution in [0.3, 0.4) is 0 Å². The summed E-state index contributed by atoms with van der Waals surface area (Å²) in [5.74, 6) is 0.330. The van der Waals surface area contributed by atoms with Gasteiger partial charge in [0.05, 0.1) is 0 Å². The van der Waals surface area contributed by atoms with E-state index in [4.69, 9.17) is 0 Å². The summed E-state index contributed by atoms with van der Waals surface area (Å²) in [6.07, 6.45) is 7.63. The molecule has 2 atom stereocenters. The molecule has 1 saturated carbocycles. The molecule has 0 bridgehead atoms. The van der Waals surface area contributed by atoms with Crippen LogP contribution < -0.4 is 5.32 Å². The van der Waals surface area contributed by atoms with Crippen molar-refractivity contribution in [3.63, 3.8) is 0 Å². The smallest absolute Gasteiger partial charge is 0.249 e. The van der Waals surface area contributed by atoms with Crippen molar-refractivity contribution in [1.82, 2.24) is 20.2 Å². The first-order chi connectivity index (χ1) is 15.2. The van der Waals surface area contributed by atoms with Gasteiger partial charge in [-0.25, -0.2) is 4.68 Å². The number of benzene rings is 2. The van der Waals surface area contributed by atoms with Gasteiger partial charge in [-0.2, -0.15) is 0 Å². The van der Waals surface area contributed by atoms with E-state index in [2.05, 4.69) is 20.8 Å². The van der Waals surface area contributed by atoms with E-state index in [1.54, 1.807) is 0 Å². The van der Waals surface area contributed by atoms with E-state index in [1.807, 2.05) is 54.6 Å². The number of tetrazole rings is 1. The molecule has 0 radical (unpaired) electrons. The maximum atomic E-state index is 13.1. The van der Waals surface area contributed by atoms with Crippen molar-refractivity contribution >= 4 is 22.4 Å². The Morgan fingerprint density at radius 1 is 1.06 bits per heavy atom. The third-order valence-electron chi connectivity index (χ3n) is 5.69. The molecule has 0 spiro atoms. The first kappa shape index (κ1) is 21.4. The molecule has 8 heteroatoms. The molecule has 162 valence electrons. The Hall–Kier alpha value is -2.87. The molecule has 1 amide bonds. The number of anilines is 1.